The van der Waals surface area contributed by atoms with E-state index in [0.717, 1.165) is 28.1 Å². The van der Waals surface area contributed by atoms with Crippen molar-refractivity contribution in [2.75, 3.05) is 30.9 Å². The van der Waals surface area contributed by atoms with Gasteiger partial charge in [-0.2, -0.15) is 5.10 Å². The monoisotopic (exact) mass is 378 g/mol. The summed E-state index contributed by atoms with van der Waals surface area (Å²) in [5.41, 5.74) is 4.27. The molecule has 1 N–H and O–H groups in total. The zero-order chi connectivity index (χ0) is 20.1. The van der Waals surface area contributed by atoms with Crippen LogP contribution in [0.25, 0.3) is 0 Å². The first-order chi connectivity index (χ1) is 13.4. The zero-order valence-electron chi connectivity index (χ0n) is 16.8. The van der Waals surface area contributed by atoms with Crippen LogP contribution in [0.3, 0.4) is 0 Å². The molecule has 0 saturated carbocycles. The highest BCUT2D eigenvalue weighted by Gasteiger charge is 2.11. The minimum absolute atomic E-state index is 0.0472. The van der Waals surface area contributed by atoms with Crippen LogP contribution in [0, 0.1) is 13.8 Å². The van der Waals surface area contributed by atoms with Crippen molar-refractivity contribution in [1.29, 1.82) is 0 Å². The van der Waals surface area contributed by atoms with Crippen LogP contribution >= 0.6 is 0 Å². The Bertz CT molecular complexity index is 925. The molecule has 0 spiro atoms. The van der Waals surface area contributed by atoms with Gasteiger partial charge in [0.25, 0.3) is 5.91 Å². The average Bonchev–Trinajstić information content (AvgIpc) is 3.08. The Morgan fingerprint density at radius 2 is 1.75 bits per heavy atom. The van der Waals surface area contributed by atoms with Crippen LogP contribution in [0.2, 0.25) is 0 Å². The first kappa shape index (κ1) is 19.5. The van der Waals surface area contributed by atoms with Crippen LogP contribution in [-0.4, -0.2) is 36.4 Å². The van der Waals surface area contributed by atoms with Crippen molar-refractivity contribution >= 4 is 17.4 Å². The molecular weight excluding hydrogens is 352 g/mol. The minimum atomic E-state index is -0.215. The molecule has 0 unspecified atom stereocenters. The summed E-state index contributed by atoms with van der Waals surface area (Å²) < 4.78 is 7.49. The van der Waals surface area contributed by atoms with E-state index in [-0.39, 0.29) is 12.5 Å². The topological polar surface area (TPSA) is 59.4 Å². The van der Waals surface area contributed by atoms with Gasteiger partial charge >= 0.3 is 0 Å². The number of carbonyl (C=O) groups is 1. The van der Waals surface area contributed by atoms with E-state index in [1.807, 2.05) is 46.1 Å². The second kappa shape index (κ2) is 8.61. The van der Waals surface area contributed by atoms with E-state index in [1.165, 1.54) is 0 Å². The molecule has 1 aromatic heterocycles. The maximum Gasteiger partial charge on any atom is 0.263 e. The van der Waals surface area contributed by atoms with Gasteiger partial charge in [0.2, 0.25) is 0 Å². The highest BCUT2D eigenvalue weighted by molar-refractivity contribution is 5.91. The maximum atomic E-state index is 12.3. The van der Waals surface area contributed by atoms with E-state index >= 15 is 0 Å². The fraction of sp³-hybridized carbons (Fsp3) is 0.273. The van der Waals surface area contributed by atoms with E-state index in [2.05, 4.69) is 39.6 Å². The van der Waals surface area contributed by atoms with E-state index in [9.17, 15) is 4.79 Å². The summed E-state index contributed by atoms with van der Waals surface area (Å²) in [6.45, 7) is 4.47. The Morgan fingerprint density at radius 1 is 1.07 bits per heavy atom. The molecule has 1 amide bonds. The lowest BCUT2D eigenvalue weighted by molar-refractivity contribution is -0.118. The number of amides is 1. The van der Waals surface area contributed by atoms with Crippen LogP contribution in [0.4, 0.5) is 11.5 Å². The summed E-state index contributed by atoms with van der Waals surface area (Å²) in [4.78, 5) is 14.4. The molecule has 146 valence electrons. The Kier molecular flexibility index (Phi) is 5.99. The highest BCUT2D eigenvalue weighted by Crippen LogP contribution is 2.22. The molecular formula is C22H26N4O2. The van der Waals surface area contributed by atoms with Crippen molar-refractivity contribution in [3.63, 3.8) is 0 Å². The molecule has 0 radical (unpaired) electrons. The highest BCUT2D eigenvalue weighted by atomic mass is 16.5. The molecule has 0 aliphatic heterocycles. The predicted molar refractivity (Wildman–Crippen MR) is 112 cm³/mol. The molecule has 0 fully saturated rings. The molecule has 6 heteroatoms. The van der Waals surface area contributed by atoms with Gasteiger partial charge in [-0.3, -0.25) is 4.79 Å². The number of rotatable bonds is 7. The van der Waals surface area contributed by atoms with Crippen LogP contribution in [-0.2, 0) is 11.3 Å². The van der Waals surface area contributed by atoms with Gasteiger partial charge in [-0.25, -0.2) is 4.68 Å². The Hall–Kier alpha value is -3.28. The molecule has 2 aromatic carbocycles. The van der Waals surface area contributed by atoms with E-state index in [1.54, 1.807) is 16.9 Å². The standard InChI is InChI=1S/C22H26N4O2/c1-16-6-5-7-17(2)22(16)28-15-21(27)24-20-12-13-23-26(20)14-18-8-10-19(11-9-18)25(3)4/h5-13H,14-15H2,1-4H3,(H,24,27). The summed E-state index contributed by atoms with van der Waals surface area (Å²) >= 11 is 0. The molecule has 0 bridgehead atoms. The average molecular weight is 378 g/mol. The Morgan fingerprint density at radius 3 is 2.39 bits per heavy atom. The molecule has 28 heavy (non-hydrogen) atoms. The zero-order valence-corrected chi connectivity index (χ0v) is 16.8. The number of nitrogens with one attached hydrogen (secondary N) is 1. The quantitative estimate of drug-likeness (QED) is 0.682. The number of ether oxygens (including phenoxy) is 1. The van der Waals surface area contributed by atoms with Gasteiger partial charge in [0.05, 0.1) is 12.7 Å². The number of para-hydroxylation sites is 1. The van der Waals surface area contributed by atoms with Crippen LogP contribution in [0.5, 0.6) is 5.75 Å². The van der Waals surface area contributed by atoms with Crippen molar-refractivity contribution in [1.82, 2.24) is 9.78 Å². The van der Waals surface area contributed by atoms with Gasteiger partial charge in [0.1, 0.15) is 11.6 Å². The van der Waals surface area contributed by atoms with E-state index in [0.29, 0.717) is 12.4 Å². The van der Waals surface area contributed by atoms with Gasteiger partial charge in [0.15, 0.2) is 6.61 Å². The summed E-state index contributed by atoms with van der Waals surface area (Å²) in [5, 5.41) is 7.20. The first-order valence-corrected chi connectivity index (χ1v) is 9.21. The number of aromatic nitrogens is 2. The van der Waals surface area contributed by atoms with E-state index < -0.39 is 0 Å². The molecule has 0 aliphatic rings. The van der Waals surface area contributed by atoms with Crippen LogP contribution in [0.1, 0.15) is 16.7 Å². The molecule has 3 aromatic rings. The fourth-order valence-electron chi connectivity index (χ4n) is 2.98. The SMILES string of the molecule is Cc1cccc(C)c1OCC(=O)Nc1ccnn1Cc1ccc(N(C)C)cc1. The largest absolute Gasteiger partial charge is 0.483 e. The number of aryl methyl sites for hydroxylation is 2. The van der Waals surface area contributed by atoms with Crippen molar-refractivity contribution < 1.29 is 9.53 Å². The predicted octanol–water partition coefficient (Wildman–Crippen LogP) is 3.63. The summed E-state index contributed by atoms with van der Waals surface area (Å²) in [5.74, 6) is 1.19. The maximum absolute atomic E-state index is 12.3. The lowest BCUT2D eigenvalue weighted by Crippen LogP contribution is -2.22. The molecule has 0 saturated heterocycles. The lowest BCUT2D eigenvalue weighted by Gasteiger charge is -2.14. The summed E-state index contributed by atoms with van der Waals surface area (Å²) in [6.07, 6.45) is 1.68. The van der Waals surface area contributed by atoms with Gasteiger partial charge in [0, 0.05) is 25.8 Å². The normalized spacial score (nSPS) is 10.6. The van der Waals surface area contributed by atoms with Crippen LogP contribution < -0.4 is 15.0 Å². The molecule has 3 rings (SSSR count). The Labute approximate surface area is 165 Å². The van der Waals surface area contributed by atoms with Crippen LogP contribution in [0.15, 0.2) is 54.7 Å². The third-order valence-electron chi connectivity index (χ3n) is 4.53. The summed E-state index contributed by atoms with van der Waals surface area (Å²) in [7, 11) is 4.02. The third kappa shape index (κ3) is 4.71. The second-order valence-corrected chi connectivity index (χ2v) is 6.99. The van der Waals surface area contributed by atoms with Gasteiger partial charge < -0.3 is 15.0 Å². The number of carbonyl (C=O) groups excluding carboxylic acids is 1. The van der Waals surface area contributed by atoms with Crippen molar-refractivity contribution in [3.05, 3.63) is 71.4 Å². The lowest BCUT2D eigenvalue weighted by atomic mass is 10.1. The van der Waals surface area contributed by atoms with Crippen molar-refractivity contribution in [3.8, 4) is 5.75 Å². The van der Waals surface area contributed by atoms with E-state index in [4.69, 9.17) is 4.74 Å². The number of benzene rings is 2. The van der Waals surface area contributed by atoms with Gasteiger partial charge in [-0.15, -0.1) is 0 Å². The molecule has 1 heterocycles. The second-order valence-electron chi connectivity index (χ2n) is 6.99. The number of anilines is 2. The van der Waals surface area contributed by atoms with Crippen molar-refractivity contribution in [2.24, 2.45) is 0 Å². The number of nitrogens with zero attached hydrogens (tertiary/aromatic N) is 3. The Balaban J connectivity index is 1.61. The van der Waals surface area contributed by atoms with Gasteiger partial charge in [-0.05, 0) is 42.7 Å². The molecule has 0 aliphatic carbocycles. The van der Waals surface area contributed by atoms with Crippen molar-refractivity contribution in [2.45, 2.75) is 20.4 Å². The minimum Gasteiger partial charge on any atom is -0.483 e. The molecule has 0 atom stereocenters. The first-order valence-electron chi connectivity index (χ1n) is 9.21. The third-order valence-corrected chi connectivity index (χ3v) is 4.53. The number of hydrogen-bond acceptors (Lipinski definition) is 4. The smallest absolute Gasteiger partial charge is 0.263 e. The van der Waals surface area contributed by atoms with Gasteiger partial charge in [-0.1, -0.05) is 30.3 Å². The fourth-order valence-corrected chi connectivity index (χ4v) is 2.98. The molecule has 6 nitrogen and oxygen atoms in total. The number of hydrogen-bond donors (Lipinski definition) is 1. The summed E-state index contributed by atoms with van der Waals surface area (Å²) in [6, 6.07) is 15.9.